The van der Waals surface area contributed by atoms with Gasteiger partial charge in [0.25, 0.3) is 0 Å². The standard InChI is InChI=1S/C21H20BrN3OS/c1-13(2)25-20(19(24-21(25)27)16-5-3-4-12-23-16)18-11-10-17(26-18)14-6-8-15(22)9-7-14/h3-13,19-20H,1-2H3,(H,24,27). The van der Waals surface area contributed by atoms with E-state index >= 15 is 0 Å². The molecule has 0 amide bonds. The number of aromatic nitrogens is 1. The van der Waals surface area contributed by atoms with Crippen LogP contribution in [0.3, 0.4) is 0 Å². The van der Waals surface area contributed by atoms with Gasteiger partial charge in [-0.1, -0.05) is 34.1 Å². The molecule has 1 saturated heterocycles. The largest absolute Gasteiger partial charge is 0.459 e. The maximum absolute atomic E-state index is 6.29. The summed E-state index contributed by atoms with van der Waals surface area (Å²) in [6.07, 6.45) is 1.81. The molecule has 2 atom stereocenters. The minimum Gasteiger partial charge on any atom is -0.459 e. The molecule has 1 aromatic carbocycles. The van der Waals surface area contributed by atoms with E-state index in [9.17, 15) is 0 Å². The van der Waals surface area contributed by atoms with Crippen LogP contribution >= 0.6 is 28.1 Å². The number of nitrogens with one attached hydrogen (secondary N) is 1. The fourth-order valence-electron chi connectivity index (χ4n) is 3.51. The van der Waals surface area contributed by atoms with Crippen LogP contribution in [0.2, 0.25) is 0 Å². The Morgan fingerprint density at radius 1 is 1.11 bits per heavy atom. The van der Waals surface area contributed by atoms with E-state index in [1.165, 1.54) is 0 Å². The van der Waals surface area contributed by atoms with Crippen LogP contribution in [-0.2, 0) is 0 Å². The zero-order chi connectivity index (χ0) is 19.0. The summed E-state index contributed by atoms with van der Waals surface area (Å²) >= 11 is 9.10. The van der Waals surface area contributed by atoms with Gasteiger partial charge >= 0.3 is 0 Å². The SMILES string of the molecule is CC(C)N1C(=S)NC(c2ccccn2)C1c1ccc(-c2ccc(Br)cc2)o1. The molecule has 0 bridgehead atoms. The minimum absolute atomic E-state index is 0.0448. The topological polar surface area (TPSA) is 41.3 Å². The lowest BCUT2D eigenvalue weighted by Gasteiger charge is -2.29. The summed E-state index contributed by atoms with van der Waals surface area (Å²) < 4.78 is 7.34. The van der Waals surface area contributed by atoms with E-state index in [0.717, 1.165) is 32.4 Å². The molecular weight excluding hydrogens is 422 g/mol. The molecular formula is C21H20BrN3OS. The smallest absolute Gasteiger partial charge is 0.170 e. The van der Waals surface area contributed by atoms with Crippen LogP contribution in [0.15, 0.2) is 69.7 Å². The summed E-state index contributed by atoms with van der Waals surface area (Å²) in [5, 5.41) is 4.16. The van der Waals surface area contributed by atoms with Gasteiger partial charge in [-0.3, -0.25) is 4.98 Å². The van der Waals surface area contributed by atoms with Gasteiger partial charge in [0.05, 0.1) is 11.7 Å². The zero-order valence-electron chi connectivity index (χ0n) is 15.1. The van der Waals surface area contributed by atoms with Gasteiger partial charge in [-0.2, -0.15) is 0 Å². The molecule has 0 spiro atoms. The van der Waals surface area contributed by atoms with Crippen molar-refractivity contribution in [3.8, 4) is 11.3 Å². The highest BCUT2D eigenvalue weighted by Gasteiger charge is 2.42. The number of thiocarbonyl (C=S) groups is 1. The summed E-state index contributed by atoms with van der Waals surface area (Å²) in [6.45, 7) is 4.28. The first-order valence-corrected chi connectivity index (χ1v) is 10.1. The first-order valence-electron chi connectivity index (χ1n) is 8.90. The van der Waals surface area contributed by atoms with Gasteiger partial charge < -0.3 is 14.6 Å². The third-order valence-corrected chi connectivity index (χ3v) is 5.60. The number of nitrogens with zero attached hydrogens (tertiary/aromatic N) is 2. The predicted molar refractivity (Wildman–Crippen MR) is 114 cm³/mol. The fraction of sp³-hybridized carbons (Fsp3) is 0.238. The molecule has 0 saturated carbocycles. The third-order valence-electron chi connectivity index (χ3n) is 4.74. The summed E-state index contributed by atoms with van der Waals surface area (Å²) in [6, 6.07) is 18.3. The maximum atomic E-state index is 6.29. The molecule has 6 heteroatoms. The number of halogens is 1. The molecule has 3 heterocycles. The van der Waals surface area contributed by atoms with Gasteiger partial charge in [0.2, 0.25) is 0 Å². The van der Waals surface area contributed by atoms with E-state index in [-0.39, 0.29) is 18.1 Å². The van der Waals surface area contributed by atoms with Crippen molar-refractivity contribution in [2.45, 2.75) is 32.0 Å². The lowest BCUT2D eigenvalue weighted by molar-refractivity contribution is 0.237. The quantitative estimate of drug-likeness (QED) is 0.542. The van der Waals surface area contributed by atoms with E-state index in [2.05, 4.69) is 45.0 Å². The zero-order valence-corrected chi connectivity index (χ0v) is 17.5. The second-order valence-corrected chi connectivity index (χ2v) is 8.14. The molecule has 2 unspecified atom stereocenters. The van der Waals surface area contributed by atoms with Gasteiger partial charge in [-0.15, -0.1) is 0 Å². The first kappa shape index (κ1) is 18.2. The van der Waals surface area contributed by atoms with Crippen LogP contribution in [0, 0.1) is 0 Å². The van der Waals surface area contributed by atoms with Gasteiger partial charge in [0.15, 0.2) is 5.11 Å². The van der Waals surface area contributed by atoms with E-state index in [0.29, 0.717) is 0 Å². The molecule has 1 fully saturated rings. The van der Waals surface area contributed by atoms with Crippen LogP contribution in [0.1, 0.15) is 37.4 Å². The Hall–Kier alpha value is -2.18. The van der Waals surface area contributed by atoms with Crippen molar-refractivity contribution >= 4 is 33.3 Å². The van der Waals surface area contributed by atoms with Crippen LogP contribution in [0.25, 0.3) is 11.3 Å². The molecule has 1 aliphatic heterocycles. The minimum atomic E-state index is -0.0509. The Labute approximate surface area is 172 Å². The van der Waals surface area contributed by atoms with Gasteiger partial charge in [0, 0.05) is 22.3 Å². The monoisotopic (exact) mass is 441 g/mol. The molecule has 1 aliphatic rings. The molecule has 4 nitrogen and oxygen atoms in total. The summed E-state index contributed by atoms with van der Waals surface area (Å²) in [4.78, 5) is 6.74. The van der Waals surface area contributed by atoms with E-state index in [1.807, 2.05) is 60.8 Å². The number of furan rings is 1. The molecule has 2 aromatic heterocycles. The van der Waals surface area contributed by atoms with Gasteiger partial charge in [-0.05, 0) is 62.5 Å². The van der Waals surface area contributed by atoms with Crippen LogP contribution in [0.5, 0.6) is 0 Å². The van der Waals surface area contributed by atoms with E-state index in [1.54, 1.807) is 0 Å². The number of hydrogen-bond acceptors (Lipinski definition) is 3. The summed E-state index contributed by atoms with van der Waals surface area (Å²) in [5.41, 5.74) is 2.00. The number of rotatable bonds is 4. The second kappa shape index (κ2) is 7.44. The van der Waals surface area contributed by atoms with Crippen molar-refractivity contribution in [1.82, 2.24) is 15.2 Å². The van der Waals surface area contributed by atoms with Crippen molar-refractivity contribution in [2.75, 3.05) is 0 Å². The summed E-state index contributed by atoms with van der Waals surface area (Å²) in [7, 11) is 0. The predicted octanol–water partition coefficient (Wildman–Crippen LogP) is 5.49. The number of hydrogen-bond donors (Lipinski definition) is 1. The first-order chi connectivity index (χ1) is 13.0. The van der Waals surface area contributed by atoms with Crippen molar-refractivity contribution in [3.63, 3.8) is 0 Å². The highest BCUT2D eigenvalue weighted by molar-refractivity contribution is 9.10. The normalized spacial score (nSPS) is 19.6. The molecule has 138 valence electrons. The Kier molecular flexibility index (Phi) is 5.02. The van der Waals surface area contributed by atoms with E-state index < -0.39 is 0 Å². The van der Waals surface area contributed by atoms with Crippen LogP contribution in [0.4, 0.5) is 0 Å². The maximum Gasteiger partial charge on any atom is 0.170 e. The Balaban J connectivity index is 1.74. The number of pyridine rings is 1. The van der Waals surface area contributed by atoms with Crippen LogP contribution in [-0.4, -0.2) is 21.0 Å². The highest BCUT2D eigenvalue weighted by atomic mass is 79.9. The lowest BCUT2D eigenvalue weighted by Crippen LogP contribution is -2.35. The molecule has 0 radical (unpaired) electrons. The number of benzene rings is 1. The average molecular weight is 442 g/mol. The van der Waals surface area contributed by atoms with Gasteiger partial charge in [0.1, 0.15) is 17.6 Å². The lowest BCUT2D eigenvalue weighted by atomic mass is 10.0. The highest BCUT2D eigenvalue weighted by Crippen LogP contribution is 2.41. The van der Waals surface area contributed by atoms with E-state index in [4.69, 9.17) is 16.6 Å². The van der Waals surface area contributed by atoms with Crippen LogP contribution < -0.4 is 5.32 Å². The molecule has 0 aliphatic carbocycles. The Morgan fingerprint density at radius 2 is 1.89 bits per heavy atom. The van der Waals surface area contributed by atoms with Crippen molar-refractivity contribution in [1.29, 1.82) is 0 Å². The second-order valence-electron chi connectivity index (χ2n) is 6.84. The van der Waals surface area contributed by atoms with Crippen molar-refractivity contribution in [3.05, 3.63) is 76.7 Å². The molecule has 3 aromatic rings. The summed E-state index contributed by atoms with van der Waals surface area (Å²) in [5.74, 6) is 1.73. The average Bonchev–Trinajstić information content (AvgIpc) is 3.27. The van der Waals surface area contributed by atoms with Gasteiger partial charge in [-0.25, -0.2) is 0 Å². The molecule has 27 heavy (non-hydrogen) atoms. The van der Waals surface area contributed by atoms with Crippen molar-refractivity contribution in [2.24, 2.45) is 0 Å². The Morgan fingerprint density at radius 3 is 2.56 bits per heavy atom. The third kappa shape index (κ3) is 3.51. The Bertz CT molecular complexity index is 940. The molecule has 4 rings (SSSR count). The molecule has 1 N–H and O–H groups in total. The fourth-order valence-corrected chi connectivity index (χ4v) is 4.22. The van der Waals surface area contributed by atoms with Crippen molar-refractivity contribution < 1.29 is 4.42 Å².